The molecule has 0 aliphatic rings. The molecule has 1 atom stereocenters. The van der Waals surface area contributed by atoms with Gasteiger partial charge in [-0.25, -0.2) is 0 Å². The number of hydrogen-bond donors (Lipinski definition) is 1. The second-order valence-electron chi connectivity index (χ2n) is 4.30. The molecule has 0 spiro atoms. The molecule has 0 aliphatic carbocycles. The molecular weight excluding hydrogens is 294 g/mol. The lowest BCUT2D eigenvalue weighted by atomic mass is 10.0. The Morgan fingerprint density at radius 1 is 1.22 bits per heavy atom. The monoisotopic (exact) mass is 315 g/mol. The molecule has 4 heteroatoms. The predicted molar refractivity (Wildman–Crippen MR) is 77.8 cm³/mol. The van der Waals surface area contributed by atoms with Crippen LogP contribution in [0.2, 0.25) is 0 Å². The number of methoxy groups -OCH3 is 1. The van der Waals surface area contributed by atoms with Gasteiger partial charge in [-0.3, -0.25) is 0 Å². The molecule has 1 aromatic rings. The van der Waals surface area contributed by atoms with Gasteiger partial charge in [0.1, 0.15) is 0 Å². The van der Waals surface area contributed by atoms with Crippen LogP contribution in [0.4, 0.5) is 0 Å². The molecule has 0 bridgehead atoms. The summed E-state index contributed by atoms with van der Waals surface area (Å²) in [5, 5.41) is 0. The highest BCUT2D eigenvalue weighted by Gasteiger charge is 2.06. The summed E-state index contributed by atoms with van der Waals surface area (Å²) in [5.41, 5.74) is 7.34. The highest BCUT2D eigenvalue weighted by Crippen LogP contribution is 2.17. The minimum absolute atomic E-state index is 0.145. The van der Waals surface area contributed by atoms with Crippen molar-refractivity contribution in [1.82, 2.24) is 0 Å². The van der Waals surface area contributed by atoms with Crippen LogP contribution in [0.15, 0.2) is 28.7 Å². The van der Waals surface area contributed by atoms with Gasteiger partial charge in [-0.1, -0.05) is 34.1 Å². The zero-order valence-electron chi connectivity index (χ0n) is 10.9. The van der Waals surface area contributed by atoms with Gasteiger partial charge in [0.05, 0.1) is 0 Å². The molecule has 0 aliphatic heterocycles. The molecule has 0 fully saturated rings. The van der Waals surface area contributed by atoms with Crippen LogP contribution in [-0.2, 0) is 15.9 Å². The third-order valence-electron chi connectivity index (χ3n) is 2.71. The van der Waals surface area contributed by atoms with Crippen LogP contribution in [-0.4, -0.2) is 33.0 Å². The fourth-order valence-electron chi connectivity index (χ4n) is 1.69. The molecule has 1 unspecified atom stereocenters. The summed E-state index contributed by atoms with van der Waals surface area (Å²) in [6, 6.07) is 8.34. The van der Waals surface area contributed by atoms with Gasteiger partial charge in [0, 0.05) is 37.4 Å². The van der Waals surface area contributed by atoms with Crippen molar-refractivity contribution >= 4 is 15.9 Å². The average molecular weight is 316 g/mol. The third-order valence-corrected chi connectivity index (χ3v) is 3.48. The van der Waals surface area contributed by atoms with E-state index < -0.39 is 0 Å². The fraction of sp³-hybridized carbons (Fsp3) is 0.571. The zero-order valence-corrected chi connectivity index (χ0v) is 12.5. The van der Waals surface area contributed by atoms with Gasteiger partial charge in [-0.05, 0) is 30.9 Å². The van der Waals surface area contributed by atoms with Crippen LogP contribution < -0.4 is 5.73 Å². The summed E-state index contributed by atoms with van der Waals surface area (Å²) in [6.07, 6.45) is 2.70. The van der Waals surface area contributed by atoms with Crippen LogP contribution in [0.5, 0.6) is 0 Å². The van der Waals surface area contributed by atoms with Crippen molar-refractivity contribution < 1.29 is 9.47 Å². The highest BCUT2D eigenvalue weighted by molar-refractivity contribution is 9.10. The standard InChI is InChI=1S/C14H22BrNO2/c1-17-8-4-9-18-10-7-13(16)11-12-5-2-3-6-14(12)15/h2-3,5-6,13H,4,7-11,16H2,1H3. The fourth-order valence-corrected chi connectivity index (χ4v) is 2.14. The summed E-state index contributed by atoms with van der Waals surface area (Å²) in [7, 11) is 1.70. The summed E-state index contributed by atoms with van der Waals surface area (Å²) < 4.78 is 11.6. The number of nitrogens with two attached hydrogens (primary N) is 1. The minimum atomic E-state index is 0.145. The molecule has 0 radical (unpaired) electrons. The van der Waals surface area contributed by atoms with E-state index in [0.717, 1.165) is 43.6 Å². The highest BCUT2D eigenvalue weighted by atomic mass is 79.9. The predicted octanol–water partition coefficient (Wildman–Crippen LogP) is 2.76. The molecule has 2 N–H and O–H groups in total. The van der Waals surface area contributed by atoms with Gasteiger partial charge < -0.3 is 15.2 Å². The third kappa shape index (κ3) is 6.50. The lowest BCUT2D eigenvalue weighted by Gasteiger charge is -2.13. The molecule has 102 valence electrons. The number of benzene rings is 1. The summed E-state index contributed by atoms with van der Waals surface area (Å²) in [5.74, 6) is 0. The normalized spacial score (nSPS) is 12.6. The van der Waals surface area contributed by atoms with Crippen LogP contribution in [0.3, 0.4) is 0 Å². The maximum absolute atomic E-state index is 6.09. The molecule has 0 saturated heterocycles. The summed E-state index contributed by atoms with van der Waals surface area (Å²) in [4.78, 5) is 0. The number of halogens is 1. The summed E-state index contributed by atoms with van der Waals surface area (Å²) in [6.45, 7) is 2.22. The van der Waals surface area contributed by atoms with Gasteiger partial charge in [0.25, 0.3) is 0 Å². The number of hydrogen-bond acceptors (Lipinski definition) is 3. The maximum atomic E-state index is 6.09. The van der Waals surface area contributed by atoms with E-state index >= 15 is 0 Å². The first-order chi connectivity index (χ1) is 8.74. The Morgan fingerprint density at radius 3 is 2.72 bits per heavy atom. The van der Waals surface area contributed by atoms with Gasteiger partial charge in [0.15, 0.2) is 0 Å². The van der Waals surface area contributed by atoms with Crippen LogP contribution in [0, 0.1) is 0 Å². The lowest BCUT2D eigenvalue weighted by Crippen LogP contribution is -2.25. The molecule has 0 heterocycles. The van der Waals surface area contributed by atoms with Gasteiger partial charge in [-0.2, -0.15) is 0 Å². The topological polar surface area (TPSA) is 44.5 Å². The SMILES string of the molecule is COCCCOCCC(N)Cc1ccccc1Br. The molecule has 18 heavy (non-hydrogen) atoms. The Balaban J connectivity index is 2.14. The van der Waals surface area contributed by atoms with E-state index in [9.17, 15) is 0 Å². The van der Waals surface area contributed by atoms with Gasteiger partial charge >= 0.3 is 0 Å². The molecule has 1 aromatic carbocycles. The molecule has 0 aromatic heterocycles. The van der Waals surface area contributed by atoms with Crippen molar-refractivity contribution in [3.8, 4) is 0 Å². The van der Waals surface area contributed by atoms with Crippen LogP contribution in [0.1, 0.15) is 18.4 Å². The van der Waals surface area contributed by atoms with Crippen LogP contribution >= 0.6 is 15.9 Å². The largest absolute Gasteiger partial charge is 0.385 e. The molecular formula is C14H22BrNO2. The first-order valence-electron chi connectivity index (χ1n) is 6.29. The van der Waals surface area contributed by atoms with E-state index in [1.54, 1.807) is 7.11 Å². The second-order valence-corrected chi connectivity index (χ2v) is 5.16. The average Bonchev–Trinajstić information content (AvgIpc) is 2.36. The van der Waals surface area contributed by atoms with Gasteiger partial charge in [-0.15, -0.1) is 0 Å². The Bertz CT molecular complexity index is 333. The van der Waals surface area contributed by atoms with E-state index in [-0.39, 0.29) is 6.04 Å². The second kappa shape index (κ2) is 9.50. The Labute approximate surface area is 118 Å². The van der Waals surface area contributed by atoms with Crippen molar-refractivity contribution in [3.63, 3.8) is 0 Å². The minimum Gasteiger partial charge on any atom is -0.385 e. The van der Waals surface area contributed by atoms with E-state index in [2.05, 4.69) is 22.0 Å². The molecule has 1 rings (SSSR count). The van der Waals surface area contributed by atoms with E-state index in [0.29, 0.717) is 0 Å². The number of ether oxygens (including phenoxy) is 2. The van der Waals surface area contributed by atoms with Crippen molar-refractivity contribution in [1.29, 1.82) is 0 Å². The Kier molecular flexibility index (Phi) is 8.25. The van der Waals surface area contributed by atoms with Crippen molar-refractivity contribution in [2.24, 2.45) is 5.73 Å². The molecule has 0 saturated carbocycles. The first kappa shape index (κ1) is 15.6. The smallest absolute Gasteiger partial charge is 0.0487 e. The van der Waals surface area contributed by atoms with Crippen molar-refractivity contribution in [2.75, 3.05) is 26.9 Å². The summed E-state index contributed by atoms with van der Waals surface area (Å²) >= 11 is 3.53. The quantitative estimate of drug-likeness (QED) is 0.713. The van der Waals surface area contributed by atoms with Crippen LogP contribution in [0.25, 0.3) is 0 Å². The Morgan fingerprint density at radius 2 is 2.00 bits per heavy atom. The molecule has 3 nitrogen and oxygen atoms in total. The number of rotatable bonds is 9. The van der Waals surface area contributed by atoms with E-state index in [1.807, 2.05) is 18.2 Å². The van der Waals surface area contributed by atoms with Gasteiger partial charge in [0.2, 0.25) is 0 Å². The first-order valence-corrected chi connectivity index (χ1v) is 7.09. The lowest BCUT2D eigenvalue weighted by molar-refractivity contribution is 0.0984. The Hall–Kier alpha value is -0.420. The van der Waals surface area contributed by atoms with Crippen molar-refractivity contribution in [2.45, 2.75) is 25.3 Å². The van der Waals surface area contributed by atoms with Crippen molar-refractivity contribution in [3.05, 3.63) is 34.3 Å². The van der Waals surface area contributed by atoms with E-state index in [4.69, 9.17) is 15.2 Å². The maximum Gasteiger partial charge on any atom is 0.0487 e. The van der Waals surface area contributed by atoms with E-state index in [1.165, 1.54) is 5.56 Å². The molecule has 0 amide bonds. The zero-order chi connectivity index (χ0) is 13.2.